The summed E-state index contributed by atoms with van der Waals surface area (Å²) in [5.41, 5.74) is 0.952. The highest BCUT2D eigenvalue weighted by Crippen LogP contribution is 2.27. The van der Waals surface area contributed by atoms with Crippen molar-refractivity contribution in [2.24, 2.45) is 0 Å². The summed E-state index contributed by atoms with van der Waals surface area (Å²) < 4.78 is 0. The molecule has 0 bridgehead atoms. The van der Waals surface area contributed by atoms with Crippen LogP contribution in [0.2, 0.25) is 0 Å². The van der Waals surface area contributed by atoms with E-state index in [0.29, 0.717) is 0 Å². The Balaban J connectivity index is 2.29. The summed E-state index contributed by atoms with van der Waals surface area (Å²) in [6.45, 7) is 0. The van der Waals surface area contributed by atoms with E-state index in [-0.39, 0.29) is 0 Å². The van der Waals surface area contributed by atoms with Gasteiger partial charge < -0.3 is 4.98 Å². The van der Waals surface area contributed by atoms with E-state index < -0.39 is 0 Å². The zero-order valence-electron chi connectivity index (χ0n) is 9.14. The highest BCUT2D eigenvalue weighted by atomic mass is 14.8. The minimum absolute atomic E-state index is 0.952. The smallest absolute Gasteiger partial charge is 0.137 e. The second-order valence-corrected chi connectivity index (χ2v) is 4.28. The van der Waals surface area contributed by atoms with E-state index in [1.807, 2.05) is 12.4 Å². The van der Waals surface area contributed by atoms with E-state index in [0.717, 1.165) is 5.65 Å². The van der Waals surface area contributed by atoms with Gasteiger partial charge in [0.1, 0.15) is 5.65 Å². The second kappa shape index (κ2) is 3.08. The molecule has 0 spiro atoms. The molecule has 0 aliphatic carbocycles. The molecule has 2 nitrogen and oxygen atoms in total. The van der Waals surface area contributed by atoms with E-state index in [1.165, 1.54) is 26.9 Å². The first-order valence-electron chi connectivity index (χ1n) is 5.66. The van der Waals surface area contributed by atoms with Crippen molar-refractivity contribution < 1.29 is 0 Å². The number of hydrogen-bond donors (Lipinski definition) is 1. The predicted molar refractivity (Wildman–Crippen MR) is 71.1 cm³/mol. The van der Waals surface area contributed by atoms with Crippen molar-refractivity contribution in [3.8, 4) is 0 Å². The van der Waals surface area contributed by atoms with Gasteiger partial charge in [0.25, 0.3) is 0 Å². The Kier molecular flexibility index (Phi) is 1.59. The zero-order valence-corrected chi connectivity index (χ0v) is 9.14. The van der Waals surface area contributed by atoms with E-state index in [1.54, 1.807) is 0 Å². The molecule has 0 aliphatic rings. The molecule has 0 atom stereocenters. The van der Waals surface area contributed by atoms with Gasteiger partial charge in [0.15, 0.2) is 0 Å². The summed E-state index contributed by atoms with van der Waals surface area (Å²) in [6, 6.07) is 14.9. The van der Waals surface area contributed by atoms with E-state index in [9.17, 15) is 0 Å². The fourth-order valence-electron chi connectivity index (χ4n) is 2.42. The molecular formula is C15H10N2. The van der Waals surface area contributed by atoms with Gasteiger partial charge in [0.2, 0.25) is 0 Å². The molecule has 2 heteroatoms. The first kappa shape index (κ1) is 8.76. The van der Waals surface area contributed by atoms with Crippen molar-refractivity contribution >= 4 is 32.6 Å². The van der Waals surface area contributed by atoms with Gasteiger partial charge in [-0.15, -0.1) is 0 Å². The molecule has 0 saturated carbocycles. The van der Waals surface area contributed by atoms with Crippen LogP contribution in [0.1, 0.15) is 0 Å². The number of nitrogens with zero attached hydrogens (tertiary/aromatic N) is 1. The summed E-state index contributed by atoms with van der Waals surface area (Å²) in [4.78, 5) is 7.57. The van der Waals surface area contributed by atoms with Gasteiger partial charge >= 0.3 is 0 Å². The minimum Gasteiger partial charge on any atom is -0.346 e. The topological polar surface area (TPSA) is 28.7 Å². The molecule has 0 fully saturated rings. The summed E-state index contributed by atoms with van der Waals surface area (Å²) in [5.74, 6) is 0. The lowest BCUT2D eigenvalue weighted by molar-refractivity contribution is 1.34. The largest absolute Gasteiger partial charge is 0.346 e. The maximum Gasteiger partial charge on any atom is 0.137 e. The van der Waals surface area contributed by atoms with Crippen molar-refractivity contribution in [2.45, 2.75) is 0 Å². The van der Waals surface area contributed by atoms with Crippen LogP contribution in [0.25, 0.3) is 32.6 Å². The first-order chi connectivity index (χ1) is 8.42. The van der Waals surface area contributed by atoms with Gasteiger partial charge in [-0.05, 0) is 34.4 Å². The molecule has 0 radical (unpaired) electrons. The molecule has 2 heterocycles. The number of hydrogen-bond acceptors (Lipinski definition) is 1. The number of rotatable bonds is 0. The van der Waals surface area contributed by atoms with Gasteiger partial charge in [-0.3, -0.25) is 0 Å². The molecule has 1 N–H and O–H groups in total. The van der Waals surface area contributed by atoms with Crippen molar-refractivity contribution in [2.75, 3.05) is 0 Å². The van der Waals surface area contributed by atoms with Crippen LogP contribution in [0.15, 0.2) is 54.9 Å². The number of aromatic nitrogens is 2. The Morgan fingerprint density at radius 3 is 2.53 bits per heavy atom. The Morgan fingerprint density at radius 2 is 1.65 bits per heavy atom. The Bertz CT molecular complexity index is 843. The summed E-state index contributed by atoms with van der Waals surface area (Å²) in [5, 5.41) is 6.17. The predicted octanol–water partition coefficient (Wildman–Crippen LogP) is 3.87. The number of H-pyrrole nitrogens is 1. The fourth-order valence-corrected chi connectivity index (χ4v) is 2.42. The van der Waals surface area contributed by atoms with Crippen LogP contribution in [0.4, 0.5) is 0 Å². The molecule has 4 rings (SSSR count). The molecule has 4 aromatic rings. The van der Waals surface area contributed by atoms with Gasteiger partial charge in [-0.2, -0.15) is 0 Å². The van der Waals surface area contributed by atoms with Crippen LogP contribution in [-0.2, 0) is 0 Å². The second-order valence-electron chi connectivity index (χ2n) is 4.28. The number of aromatic amines is 1. The zero-order chi connectivity index (χ0) is 11.2. The molecule has 0 saturated heterocycles. The SMILES string of the molecule is c1ccc2cc3c(cnc4[nH]ccc43)cc2c1. The summed E-state index contributed by atoms with van der Waals surface area (Å²) in [7, 11) is 0. The van der Waals surface area contributed by atoms with Crippen molar-refractivity contribution in [1.29, 1.82) is 0 Å². The average molecular weight is 218 g/mol. The lowest BCUT2D eigenvalue weighted by atomic mass is 10.0. The van der Waals surface area contributed by atoms with Crippen LogP contribution in [0.3, 0.4) is 0 Å². The normalized spacial score (nSPS) is 11.5. The van der Waals surface area contributed by atoms with E-state index in [2.05, 4.69) is 52.4 Å². The number of nitrogens with one attached hydrogen (secondary N) is 1. The monoisotopic (exact) mass is 218 g/mol. The van der Waals surface area contributed by atoms with E-state index >= 15 is 0 Å². The minimum atomic E-state index is 0.952. The first-order valence-corrected chi connectivity index (χ1v) is 5.66. The molecule has 0 unspecified atom stereocenters. The maximum absolute atomic E-state index is 4.42. The lowest BCUT2D eigenvalue weighted by Crippen LogP contribution is -1.80. The highest BCUT2D eigenvalue weighted by molar-refractivity contribution is 6.09. The number of benzene rings is 2. The Morgan fingerprint density at radius 1 is 0.824 bits per heavy atom. The van der Waals surface area contributed by atoms with Crippen molar-refractivity contribution in [3.05, 3.63) is 54.9 Å². The molecular weight excluding hydrogens is 208 g/mol. The summed E-state index contributed by atoms with van der Waals surface area (Å²) in [6.07, 6.45) is 3.87. The summed E-state index contributed by atoms with van der Waals surface area (Å²) >= 11 is 0. The van der Waals surface area contributed by atoms with Crippen LogP contribution < -0.4 is 0 Å². The highest BCUT2D eigenvalue weighted by Gasteiger charge is 2.03. The Labute approximate surface area is 97.9 Å². The number of pyridine rings is 1. The standard InChI is InChI=1S/C15H10N2/c1-2-4-11-8-14-12(7-10(11)3-1)9-17-15-13(14)5-6-16-15/h1-9H,(H,16,17). The third kappa shape index (κ3) is 1.18. The van der Waals surface area contributed by atoms with Gasteiger partial charge in [-0.1, -0.05) is 24.3 Å². The van der Waals surface area contributed by atoms with Crippen molar-refractivity contribution in [1.82, 2.24) is 9.97 Å². The molecule has 80 valence electrons. The van der Waals surface area contributed by atoms with Gasteiger partial charge in [0, 0.05) is 23.2 Å². The number of fused-ring (bicyclic) bond motifs is 4. The van der Waals surface area contributed by atoms with Crippen LogP contribution in [0, 0.1) is 0 Å². The van der Waals surface area contributed by atoms with Crippen LogP contribution in [0.5, 0.6) is 0 Å². The Hall–Kier alpha value is -2.35. The van der Waals surface area contributed by atoms with Gasteiger partial charge in [-0.25, -0.2) is 4.98 Å². The average Bonchev–Trinajstić information content (AvgIpc) is 2.85. The van der Waals surface area contributed by atoms with Crippen molar-refractivity contribution in [3.63, 3.8) is 0 Å². The molecule has 17 heavy (non-hydrogen) atoms. The maximum atomic E-state index is 4.42. The van der Waals surface area contributed by atoms with E-state index in [4.69, 9.17) is 0 Å². The quantitative estimate of drug-likeness (QED) is 0.446. The molecule has 2 aromatic heterocycles. The fraction of sp³-hybridized carbons (Fsp3) is 0. The lowest BCUT2D eigenvalue weighted by Gasteiger charge is -2.02. The molecule has 2 aromatic carbocycles. The van der Waals surface area contributed by atoms with Crippen LogP contribution in [-0.4, -0.2) is 9.97 Å². The third-order valence-electron chi connectivity index (χ3n) is 3.27. The van der Waals surface area contributed by atoms with Crippen LogP contribution >= 0.6 is 0 Å². The van der Waals surface area contributed by atoms with Gasteiger partial charge in [0.05, 0.1) is 0 Å². The third-order valence-corrected chi connectivity index (χ3v) is 3.27. The molecule has 0 aliphatic heterocycles. The molecule has 0 amide bonds.